The van der Waals surface area contributed by atoms with E-state index in [1.165, 1.54) is 4.90 Å². The van der Waals surface area contributed by atoms with Crippen LogP contribution in [0.3, 0.4) is 0 Å². The van der Waals surface area contributed by atoms with Crippen LogP contribution in [0.25, 0.3) is 0 Å². The van der Waals surface area contributed by atoms with Gasteiger partial charge >= 0.3 is 6.03 Å². The zero-order valence-corrected chi connectivity index (χ0v) is 13.2. The molecule has 1 N–H and O–H groups in total. The molecule has 0 radical (unpaired) electrons. The van der Waals surface area contributed by atoms with E-state index in [1.807, 2.05) is 30.3 Å². The highest BCUT2D eigenvalue weighted by Gasteiger charge is 2.27. The number of amides is 3. The highest BCUT2D eigenvalue weighted by Crippen LogP contribution is 2.18. The van der Waals surface area contributed by atoms with Gasteiger partial charge in [0.2, 0.25) is 5.91 Å². The van der Waals surface area contributed by atoms with Gasteiger partial charge in [-0.2, -0.15) is 0 Å². The van der Waals surface area contributed by atoms with Crippen molar-refractivity contribution in [1.82, 2.24) is 4.90 Å². The molecule has 1 aliphatic heterocycles. The summed E-state index contributed by atoms with van der Waals surface area (Å²) >= 11 is 5.82. The van der Waals surface area contributed by atoms with E-state index in [0.717, 1.165) is 5.69 Å². The van der Waals surface area contributed by atoms with Crippen molar-refractivity contribution in [3.8, 4) is 0 Å². The first kappa shape index (κ1) is 15.4. The number of carbonyl (C=O) groups excluding carboxylic acids is 2. The van der Waals surface area contributed by atoms with Gasteiger partial charge < -0.3 is 15.1 Å². The molecule has 0 saturated carbocycles. The van der Waals surface area contributed by atoms with E-state index in [2.05, 4.69) is 5.32 Å². The van der Waals surface area contributed by atoms with E-state index < -0.39 is 0 Å². The summed E-state index contributed by atoms with van der Waals surface area (Å²) in [6, 6.07) is 16.0. The standard InChI is InChI=1S/C17H16ClN3O2/c18-13-6-8-14(9-7-13)19-17(23)20-10-11-21(16(22)12-20)15-4-2-1-3-5-15/h1-9H,10-12H2,(H,19,23). The SMILES string of the molecule is O=C(Nc1ccc(Cl)cc1)N1CCN(c2ccccc2)C(=O)C1. The fourth-order valence-electron chi connectivity index (χ4n) is 2.46. The first-order valence-electron chi connectivity index (χ1n) is 7.30. The molecular formula is C17H16ClN3O2. The Bertz CT molecular complexity index is 704. The zero-order chi connectivity index (χ0) is 16.2. The van der Waals surface area contributed by atoms with Crippen LogP contribution < -0.4 is 10.2 Å². The number of urea groups is 1. The minimum Gasteiger partial charge on any atom is -0.313 e. The number of hydrogen-bond donors (Lipinski definition) is 1. The van der Waals surface area contributed by atoms with Gasteiger partial charge in [0.15, 0.2) is 0 Å². The Morgan fingerprint density at radius 1 is 1.00 bits per heavy atom. The van der Waals surface area contributed by atoms with Gasteiger partial charge in [-0.25, -0.2) is 4.79 Å². The second kappa shape index (κ2) is 6.71. The highest BCUT2D eigenvalue weighted by atomic mass is 35.5. The Morgan fingerprint density at radius 2 is 1.70 bits per heavy atom. The summed E-state index contributed by atoms with van der Waals surface area (Å²) in [6.07, 6.45) is 0. The van der Waals surface area contributed by atoms with Crippen molar-refractivity contribution in [3.63, 3.8) is 0 Å². The number of nitrogens with zero attached hydrogens (tertiary/aromatic N) is 2. The zero-order valence-electron chi connectivity index (χ0n) is 12.4. The summed E-state index contributed by atoms with van der Waals surface area (Å²) in [7, 11) is 0. The molecule has 1 heterocycles. The normalized spacial score (nSPS) is 14.7. The van der Waals surface area contributed by atoms with Gasteiger partial charge in [0.1, 0.15) is 6.54 Å². The van der Waals surface area contributed by atoms with Gasteiger partial charge in [-0.3, -0.25) is 4.79 Å². The minimum atomic E-state index is -0.284. The van der Waals surface area contributed by atoms with Crippen LogP contribution in [0.2, 0.25) is 5.02 Å². The number of carbonyl (C=O) groups is 2. The van der Waals surface area contributed by atoms with Crippen molar-refractivity contribution in [2.75, 3.05) is 29.9 Å². The molecule has 3 rings (SSSR count). The second-order valence-electron chi connectivity index (χ2n) is 5.24. The molecule has 1 aliphatic rings. The monoisotopic (exact) mass is 329 g/mol. The van der Waals surface area contributed by atoms with Crippen LogP contribution in [-0.2, 0) is 4.79 Å². The van der Waals surface area contributed by atoms with E-state index in [0.29, 0.717) is 23.8 Å². The van der Waals surface area contributed by atoms with E-state index in [1.54, 1.807) is 29.2 Å². The molecule has 6 heteroatoms. The van der Waals surface area contributed by atoms with Crippen LogP contribution >= 0.6 is 11.6 Å². The van der Waals surface area contributed by atoms with Crippen LogP contribution in [0, 0.1) is 0 Å². The fraction of sp³-hybridized carbons (Fsp3) is 0.176. The number of piperazine rings is 1. The third-order valence-corrected chi connectivity index (χ3v) is 3.92. The lowest BCUT2D eigenvalue weighted by Gasteiger charge is -2.34. The first-order chi connectivity index (χ1) is 11.1. The summed E-state index contributed by atoms with van der Waals surface area (Å²) in [6.45, 7) is 1.03. The Kier molecular flexibility index (Phi) is 4.48. The molecule has 118 valence electrons. The largest absolute Gasteiger partial charge is 0.322 e. The van der Waals surface area contributed by atoms with Crippen molar-refractivity contribution in [3.05, 3.63) is 59.6 Å². The Hall–Kier alpha value is -2.53. The summed E-state index contributed by atoms with van der Waals surface area (Å²) in [5, 5.41) is 3.38. The van der Waals surface area contributed by atoms with Crippen molar-refractivity contribution >= 4 is 34.9 Å². The molecule has 0 aromatic heterocycles. The van der Waals surface area contributed by atoms with Crippen LogP contribution in [0.5, 0.6) is 0 Å². The third kappa shape index (κ3) is 3.63. The smallest absolute Gasteiger partial charge is 0.313 e. The molecule has 0 aliphatic carbocycles. The van der Waals surface area contributed by atoms with Crippen LogP contribution in [0.4, 0.5) is 16.2 Å². The van der Waals surface area contributed by atoms with Crippen molar-refractivity contribution in [1.29, 1.82) is 0 Å². The minimum absolute atomic E-state index is 0.0638. The number of benzene rings is 2. The lowest BCUT2D eigenvalue weighted by Crippen LogP contribution is -2.53. The van der Waals surface area contributed by atoms with E-state index in [4.69, 9.17) is 11.6 Å². The molecule has 3 amide bonds. The molecular weight excluding hydrogens is 314 g/mol. The summed E-state index contributed by atoms with van der Waals surface area (Å²) < 4.78 is 0. The number of hydrogen-bond acceptors (Lipinski definition) is 2. The Labute approximate surface area is 139 Å². The predicted octanol–water partition coefficient (Wildman–Crippen LogP) is 3.22. The van der Waals surface area contributed by atoms with Gasteiger partial charge in [-0.1, -0.05) is 29.8 Å². The number of nitrogens with one attached hydrogen (secondary N) is 1. The average Bonchev–Trinajstić information content (AvgIpc) is 2.57. The molecule has 1 fully saturated rings. The second-order valence-corrected chi connectivity index (χ2v) is 5.68. The molecule has 2 aromatic rings. The fourth-order valence-corrected chi connectivity index (χ4v) is 2.59. The molecule has 0 unspecified atom stereocenters. The number of anilines is 2. The number of para-hydroxylation sites is 1. The summed E-state index contributed by atoms with van der Waals surface area (Å²) in [5.41, 5.74) is 1.51. The van der Waals surface area contributed by atoms with E-state index >= 15 is 0 Å². The van der Waals surface area contributed by atoms with Crippen molar-refractivity contribution in [2.24, 2.45) is 0 Å². The number of halogens is 1. The molecule has 5 nitrogen and oxygen atoms in total. The third-order valence-electron chi connectivity index (χ3n) is 3.67. The van der Waals surface area contributed by atoms with Gasteiger partial charge in [0, 0.05) is 29.5 Å². The molecule has 0 bridgehead atoms. The Balaban J connectivity index is 1.62. The van der Waals surface area contributed by atoms with Crippen molar-refractivity contribution in [2.45, 2.75) is 0 Å². The molecule has 0 spiro atoms. The van der Waals surface area contributed by atoms with Crippen LogP contribution in [-0.4, -0.2) is 36.5 Å². The van der Waals surface area contributed by atoms with Gasteiger partial charge in [-0.15, -0.1) is 0 Å². The van der Waals surface area contributed by atoms with E-state index in [-0.39, 0.29) is 18.5 Å². The van der Waals surface area contributed by atoms with Gasteiger partial charge in [-0.05, 0) is 36.4 Å². The lowest BCUT2D eigenvalue weighted by atomic mass is 10.2. The average molecular weight is 330 g/mol. The Morgan fingerprint density at radius 3 is 2.35 bits per heavy atom. The lowest BCUT2D eigenvalue weighted by molar-refractivity contribution is -0.120. The van der Waals surface area contributed by atoms with E-state index in [9.17, 15) is 9.59 Å². The summed E-state index contributed by atoms with van der Waals surface area (Å²) in [5.74, 6) is -0.0892. The predicted molar refractivity (Wildman–Crippen MR) is 90.8 cm³/mol. The molecule has 0 atom stereocenters. The first-order valence-corrected chi connectivity index (χ1v) is 7.68. The van der Waals surface area contributed by atoms with Gasteiger partial charge in [0.25, 0.3) is 0 Å². The molecule has 1 saturated heterocycles. The van der Waals surface area contributed by atoms with Gasteiger partial charge in [0.05, 0.1) is 0 Å². The molecule has 23 heavy (non-hydrogen) atoms. The number of rotatable bonds is 2. The van der Waals surface area contributed by atoms with Crippen molar-refractivity contribution < 1.29 is 9.59 Å². The highest BCUT2D eigenvalue weighted by molar-refractivity contribution is 6.30. The summed E-state index contributed by atoms with van der Waals surface area (Å²) in [4.78, 5) is 27.8. The topological polar surface area (TPSA) is 52.7 Å². The maximum Gasteiger partial charge on any atom is 0.322 e. The van der Waals surface area contributed by atoms with Crippen LogP contribution in [0.15, 0.2) is 54.6 Å². The quantitative estimate of drug-likeness (QED) is 0.919. The maximum atomic E-state index is 12.3. The molecule has 2 aromatic carbocycles. The van der Waals surface area contributed by atoms with Crippen LogP contribution in [0.1, 0.15) is 0 Å². The maximum absolute atomic E-state index is 12.3.